The van der Waals surface area contributed by atoms with Crippen LogP contribution < -0.4 is 10.6 Å². The molecule has 5 rings (SSSR count). The zero-order chi connectivity index (χ0) is 44.8. The third-order valence-electron chi connectivity index (χ3n) is 10.8. The monoisotopic (exact) mass is 857 g/mol. The van der Waals surface area contributed by atoms with Crippen LogP contribution in [0.5, 0.6) is 0 Å². The Morgan fingerprint density at radius 1 is 0.839 bits per heavy atom. The number of aliphatic carboxylic acids is 2. The smallest absolute Gasteiger partial charge is 0.424 e. The summed E-state index contributed by atoms with van der Waals surface area (Å²) in [6.07, 6.45) is 0.592. The Bertz CT molecular complexity index is 2170. The van der Waals surface area contributed by atoms with Crippen LogP contribution in [-0.4, -0.2) is 143 Å². The summed E-state index contributed by atoms with van der Waals surface area (Å²) in [7, 11) is 4.79. The molecule has 0 bridgehead atoms. The number of hydrogen-bond donors (Lipinski definition) is 4. The zero-order valence-corrected chi connectivity index (χ0v) is 35.5. The third-order valence-corrected chi connectivity index (χ3v) is 10.8. The number of rotatable bonds is 24. The van der Waals surface area contributed by atoms with E-state index in [4.69, 9.17) is 19.3 Å². The van der Waals surface area contributed by atoms with E-state index in [2.05, 4.69) is 39.9 Å². The summed E-state index contributed by atoms with van der Waals surface area (Å²) >= 11 is 0. The van der Waals surface area contributed by atoms with Crippen LogP contribution in [0.25, 0.3) is 22.2 Å². The summed E-state index contributed by atoms with van der Waals surface area (Å²) in [5.74, 6) is -3.72. The van der Waals surface area contributed by atoms with E-state index in [0.29, 0.717) is 5.65 Å². The number of carbonyl (C=O) groups excluding carboxylic acids is 4. The molecule has 2 heterocycles. The molecule has 1 aliphatic carbocycles. The number of amides is 4. The SMILES string of the molecule is C[C@@H](C(=O)O)N(C)C(=O)CCOCCOCCNC(=O)[C@H](CCC(=O)O)NC(=O)CCn1c(CN(C)N(C)C(=O)OCC2c3ccccc3-c3ccccc32)cc2cccnc21. The first kappa shape index (κ1) is 46.7. The Kier molecular flexibility index (Phi) is 16.9. The van der Waals surface area contributed by atoms with Gasteiger partial charge in [0.05, 0.1) is 39.4 Å². The molecule has 0 saturated carbocycles. The molecule has 18 heteroatoms. The number of carbonyl (C=O) groups is 6. The lowest BCUT2D eigenvalue weighted by Gasteiger charge is -2.28. The van der Waals surface area contributed by atoms with E-state index in [1.54, 1.807) is 31.4 Å². The van der Waals surface area contributed by atoms with Gasteiger partial charge in [-0.15, -0.1) is 0 Å². The van der Waals surface area contributed by atoms with Crippen molar-refractivity contribution in [3.63, 3.8) is 0 Å². The van der Waals surface area contributed by atoms with Gasteiger partial charge >= 0.3 is 18.0 Å². The summed E-state index contributed by atoms with van der Waals surface area (Å²) in [6.45, 7) is 2.62. The number of nitrogens with zero attached hydrogens (tertiary/aromatic N) is 5. The number of likely N-dealkylation sites (N-methyl/N-ethyl adjacent to an activating group) is 1. The van der Waals surface area contributed by atoms with E-state index in [1.807, 2.05) is 41.0 Å². The van der Waals surface area contributed by atoms with E-state index >= 15 is 0 Å². The Morgan fingerprint density at radius 2 is 1.50 bits per heavy atom. The van der Waals surface area contributed by atoms with Gasteiger partial charge in [-0.2, -0.15) is 0 Å². The Hall–Kier alpha value is -6.37. The van der Waals surface area contributed by atoms with Crippen molar-refractivity contribution in [1.82, 2.24) is 35.1 Å². The van der Waals surface area contributed by atoms with Gasteiger partial charge in [0.2, 0.25) is 17.7 Å². The maximum Gasteiger partial charge on any atom is 0.424 e. The third kappa shape index (κ3) is 12.4. The first-order valence-corrected chi connectivity index (χ1v) is 20.4. The number of ether oxygens (including phenoxy) is 3. The van der Waals surface area contributed by atoms with Crippen LogP contribution in [-0.2, 0) is 51.3 Å². The highest BCUT2D eigenvalue weighted by Gasteiger charge is 2.30. The second-order valence-corrected chi connectivity index (χ2v) is 14.9. The van der Waals surface area contributed by atoms with Crippen molar-refractivity contribution in [2.45, 2.75) is 63.7 Å². The van der Waals surface area contributed by atoms with Crippen LogP contribution >= 0.6 is 0 Å². The predicted molar refractivity (Wildman–Crippen MR) is 227 cm³/mol. The van der Waals surface area contributed by atoms with Crippen molar-refractivity contribution >= 4 is 46.8 Å². The number of aryl methyl sites for hydroxylation is 1. The van der Waals surface area contributed by atoms with Crippen LogP contribution in [0.1, 0.15) is 55.3 Å². The summed E-state index contributed by atoms with van der Waals surface area (Å²) < 4.78 is 18.6. The van der Waals surface area contributed by atoms with E-state index in [-0.39, 0.29) is 90.2 Å². The molecule has 0 aliphatic heterocycles. The molecule has 4 N–H and O–H groups in total. The highest BCUT2D eigenvalue weighted by molar-refractivity contribution is 5.88. The standard InChI is InChI=1S/C44H55N7O11/c1-29(43(57)58)49(3)39(53)18-22-60-24-25-61-23-20-46-42(56)37(15-16-40(54)55)47-38(52)17-21-51-31(26-30-10-9-19-45-41(30)51)27-48(2)50(4)44(59)62-28-36-34-13-7-5-11-32(34)33-12-6-8-14-35(33)36/h5-14,19,26,29,36-37H,15-18,20-25,27-28H2,1-4H3,(H,46,56)(H,47,52)(H,54,55)(H,57,58)/t29-,37-/m0/s1. The van der Waals surface area contributed by atoms with Gasteiger partial charge in [-0.25, -0.2) is 24.6 Å². The topological polar surface area (TPSA) is 222 Å². The molecule has 18 nitrogen and oxygen atoms in total. The number of benzene rings is 2. The van der Waals surface area contributed by atoms with Gasteiger partial charge in [-0.05, 0) is 53.8 Å². The summed E-state index contributed by atoms with van der Waals surface area (Å²) in [4.78, 5) is 79.9. The molecule has 0 saturated heterocycles. The number of nitrogens with one attached hydrogen (secondary N) is 2. The minimum Gasteiger partial charge on any atom is -0.481 e. The fourth-order valence-corrected chi connectivity index (χ4v) is 7.11. The lowest BCUT2D eigenvalue weighted by atomic mass is 9.98. The van der Waals surface area contributed by atoms with Crippen LogP contribution in [0, 0.1) is 0 Å². The number of hydrogen-bond acceptors (Lipinski definition) is 11. The molecule has 332 valence electrons. The van der Waals surface area contributed by atoms with Crippen LogP contribution in [0.15, 0.2) is 72.9 Å². The van der Waals surface area contributed by atoms with Gasteiger partial charge in [-0.3, -0.25) is 19.2 Å². The fraction of sp³-hybridized carbons (Fsp3) is 0.432. The van der Waals surface area contributed by atoms with Crippen molar-refractivity contribution in [2.24, 2.45) is 0 Å². The quantitative estimate of drug-likeness (QED) is 0.0587. The van der Waals surface area contributed by atoms with Crippen LogP contribution in [0.4, 0.5) is 4.79 Å². The van der Waals surface area contributed by atoms with Gasteiger partial charge in [0.25, 0.3) is 0 Å². The number of carboxylic acids is 2. The Morgan fingerprint density at radius 3 is 2.16 bits per heavy atom. The Labute approximate surface area is 359 Å². The lowest BCUT2D eigenvalue weighted by Crippen LogP contribution is -2.47. The summed E-state index contributed by atoms with van der Waals surface area (Å²) in [5.41, 5.74) is 5.89. The number of aromatic nitrogens is 2. The molecular weight excluding hydrogens is 803 g/mol. The van der Waals surface area contributed by atoms with Gasteiger partial charge in [0, 0.05) is 70.3 Å². The minimum absolute atomic E-state index is 0.00829. The maximum atomic E-state index is 13.4. The van der Waals surface area contributed by atoms with Gasteiger partial charge in [-0.1, -0.05) is 48.5 Å². The molecule has 0 unspecified atom stereocenters. The second-order valence-electron chi connectivity index (χ2n) is 14.9. The minimum atomic E-state index is -1.12. The van der Waals surface area contributed by atoms with Crippen LogP contribution in [0.3, 0.4) is 0 Å². The molecule has 2 aromatic carbocycles. The number of fused-ring (bicyclic) bond motifs is 4. The first-order chi connectivity index (χ1) is 29.8. The maximum absolute atomic E-state index is 13.4. The molecule has 4 amide bonds. The molecule has 0 fully saturated rings. The molecule has 0 radical (unpaired) electrons. The predicted octanol–water partition coefficient (Wildman–Crippen LogP) is 3.47. The summed E-state index contributed by atoms with van der Waals surface area (Å²) in [5, 5.41) is 27.6. The largest absolute Gasteiger partial charge is 0.481 e. The number of hydrazine groups is 1. The number of pyridine rings is 1. The molecule has 0 spiro atoms. The number of carboxylic acid groups (broad SMARTS) is 2. The highest BCUT2D eigenvalue weighted by Crippen LogP contribution is 2.44. The van der Waals surface area contributed by atoms with Gasteiger partial charge in [0.15, 0.2) is 0 Å². The fourth-order valence-electron chi connectivity index (χ4n) is 7.11. The molecule has 4 aromatic rings. The van der Waals surface area contributed by atoms with E-state index in [1.165, 1.54) is 19.0 Å². The molecule has 2 aromatic heterocycles. The Balaban J connectivity index is 1.09. The molecule has 62 heavy (non-hydrogen) atoms. The average Bonchev–Trinajstić information content (AvgIpc) is 3.78. The lowest BCUT2D eigenvalue weighted by molar-refractivity contribution is -0.148. The van der Waals surface area contributed by atoms with Crippen molar-refractivity contribution in [1.29, 1.82) is 0 Å². The van der Waals surface area contributed by atoms with Gasteiger partial charge in [0.1, 0.15) is 24.3 Å². The van der Waals surface area contributed by atoms with Gasteiger partial charge < -0.3 is 44.5 Å². The first-order valence-electron chi connectivity index (χ1n) is 20.4. The molecular formula is C44H55N7O11. The van der Waals surface area contributed by atoms with Crippen LogP contribution in [0.2, 0.25) is 0 Å². The average molecular weight is 858 g/mol. The summed E-state index contributed by atoms with van der Waals surface area (Å²) in [6, 6.07) is 19.8. The van der Waals surface area contributed by atoms with Crippen molar-refractivity contribution in [2.75, 3.05) is 60.7 Å². The normalized spacial score (nSPS) is 12.9. The van der Waals surface area contributed by atoms with Crippen molar-refractivity contribution in [3.05, 3.63) is 89.7 Å². The highest BCUT2D eigenvalue weighted by atomic mass is 16.6. The second kappa shape index (κ2) is 22.5. The molecule has 1 aliphatic rings. The zero-order valence-electron chi connectivity index (χ0n) is 35.5. The van der Waals surface area contributed by atoms with E-state index in [9.17, 15) is 33.9 Å². The molecule has 2 atom stereocenters. The van der Waals surface area contributed by atoms with Crippen molar-refractivity contribution in [3.8, 4) is 11.1 Å². The van der Waals surface area contributed by atoms with Crippen molar-refractivity contribution < 1.29 is 53.2 Å². The van der Waals surface area contributed by atoms with E-state index < -0.39 is 41.9 Å². The van der Waals surface area contributed by atoms with E-state index in [0.717, 1.165) is 38.2 Å².